The van der Waals surface area contributed by atoms with E-state index in [2.05, 4.69) is 27.0 Å². The van der Waals surface area contributed by atoms with Crippen LogP contribution in [-0.4, -0.2) is 30.9 Å². The third-order valence-corrected chi connectivity index (χ3v) is 5.65. The Morgan fingerprint density at radius 3 is 3.00 bits per heavy atom. The molecule has 0 amide bonds. The van der Waals surface area contributed by atoms with Crippen LogP contribution in [0.25, 0.3) is 16.8 Å². The maximum atomic E-state index is 6.42. The van der Waals surface area contributed by atoms with Gasteiger partial charge in [0.1, 0.15) is 17.4 Å². The fourth-order valence-corrected chi connectivity index (χ4v) is 4.03. The maximum absolute atomic E-state index is 6.42. The zero-order valence-corrected chi connectivity index (χ0v) is 17.0. The van der Waals surface area contributed by atoms with Crippen molar-refractivity contribution in [3.05, 3.63) is 64.8 Å². The summed E-state index contributed by atoms with van der Waals surface area (Å²) < 4.78 is 10.2. The van der Waals surface area contributed by atoms with Crippen LogP contribution in [0, 0.1) is 6.92 Å². The minimum atomic E-state index is -0.186. The van der Waals surface area contributed by atoms with Gasteiger partial charge in [-0.2, -0.15) is 10.2 Å². The minimum Gasteiger partial charge on any atom is -0.484 e. The van der Waals surface area contributed by atoms with E-state index in [4.69, 9.17) is 21.4 Å². The lowest BCUT2D eigenvalue weighted by molar-refractivity contribution is 0.228. The van der Waals surface area contributed by atoms with Crippen LogP contribution in [0.1, 0.15) is 29.8 Å². The molecule has 1 atom stereocenters. The zero-order chi connectivity index (χ0) is 20.0. The van der Waals surface area contributed by atoms with Gasteiger partial charge in [0.05, 0.1) is 29.2 Å². The molecule has 0 saturated carbocycles. The van der Waals surface area contributed by atoms with Gasteiger partial charge in [-0.1, -0.05) is 17.7 Å². The van der Waals surface area contributed by atoms with E-state index in [-0.39, 0.29) is 6.10 Å². The molecule has 8 heteroatoms. The number of nitrogens with one attached hydrogen (secondary N) is 1. The third-order valence-electron chi connectivity index (χ3n) is 5.38. The van der Waals surface area contributed by atoms with E-state index in [0.717, 1.165) is 42.0 Å². The van der Waals surface area contributed by atoms with Crippen molar-refractivity contribution in [1.82, 2.24) is 29.7 Å². The van der Waals surface area contributed by atoms with Crippen LogP contribution in [-0.2, 0) is 13.1 Å². The standard InChI is InChI=1S/C21H21ClN6O/c1-13-18-11-24-6-7-27(18)26-20(13)16-8-19(21-17(22)10-25-28(21)12-16)29-14(2)15-4-3-5-23-9-15/h3-5,8-10,12,14,24H,6-7,11H2,1-2H3. The summed E-state index contributed by atoms with van der Waals surface area (Å²) in [6.45, 7) is 6.73. The summed E-state index contributed by atoms with van der Waals surface area (Å²) in [5.41, 5.74) is 6.01. The van der Waals surface area contributed by atoms with Crippen LogP contribution in [0.15, 0.2) is 43.0 Å². The lowest BCUT2D eigenvalue weighted by Gasteiger charge is -2.16. The second-order valence-corrected chi connectivity index (χ2v) is 7.65. The highest BCUT2D eigenvalue weighted by molar-refractivity contribution is 6.34. The number of rotatable bonds is 4. The molecule has 0 radical (unpaired) electrons. The maximum Gasteiger partial charge on any atom is 0.148 e. The number of nitrogens with zero attached hydrogens (tertiary/aromatic N) is 5. The van der Waals surface area contributed by atoms with Gasteiger partial charge in [0.25, 0.3) is 0 Å². The summed E-state index contributed by atoms with van der Waals surface area (Å²) in [7, 11) is 0. The largest absolute Gasteiger partial charge is 0.484 e. The van der Waals surface area contributed by atoms with Crippen molar-refractivity contribution < 1.29 is 4.74 Å². The van der Waals surface area contributed by atoms with Crippen molar-refractivity contribution in [2.75, 3.05) is 6.54 Å². The zero-order valence-electron chi connectivity index (χ0n) is 16.3. The molecule has 0 bridgehead atoms. The number of halogens is 1. The molecule has 1 unspecified atom stereocenters. The molecule has 148 valence electrons. The Bertz CT molecular complexity index is 1180. The van der Waals surface area contributed by atoms with Gasteiger partial charge in [0.2, 0.25) is 0 Å². The summed E-state index contributed by atoms with van der Waals surface area (Å²) >= 11 is 6.42. The first-order valence-electron chi connectivity index (χ1n) is 9.62. The molecule has 0 aromatic carbocycles. The van der Waals surface area contributed by atoms with E-state index >= 15 is 0 Å². The highest BCUT2D eigenvalue weighted by Crippen LogP contribution is 2.35. The van der Waals surface area contributed by atoms with Crippen LogP contribution in [0.3, 0.4) is 0 Å². The van der Waals surface area contributed by atoms with Crippen LogP contribution in [0.5, 0.6) is 5.75 Å². The fraction of sp³-hybridized carbons (Fsp3) is 0.286. The van der Waals surface area contributed by atoms with Crippen LogP contribution in [0.2, 0.25) is 5.02 Å². The van der Waals surface area contributed by atoms with E-state index in [9.17, 15) is 0 Å². The Hall–Kier alpha value is -2.90. The number of ether oxygens (including phenoxy) is 1. The number of fused-ring (bicyclic) bond motifs is 2. The first-order valence-corrected chi connectivity index (χ1v) is 10.0. The molecule has 1 aliphatic rings. The predicted octanol–water partition coefficient (Wildman–Crippen LogP) is 3.80. The summed E-state index contributed by atoms with van der Waals surface area (Å²) in [6.07, 6.45) is 6.97. The van der Waals surface area contributed by atoms with Gasteiger partial charge in [0.15, 0.2) is 0 Å². The minimum absolute atomic E-state index is 0.186. The van der Waals surface area contributed by atoms with Crippen LogP contribution >= 0.6 is 11.6 Å². The van der Waals surface area contributed by atoms with E-state index in [1.807, 2.05) is 37.5 Å². The lowest BCUT2D eigenvalue weighted by atomic mass is 10.1. The van der Waals surface area contributed by atoms with Gasteiger partial charge < -0.3 is 10.1 Å². The van der Waals surface area contributed by atoms with Crippen molar-refractivity contribution >= 4 is 17.1 Å². The molecule has 5 heterocycles. The molecule has 1 aliphatic heterocycles. The highest BCUT2D eigenvalue weighted by Gasteiger charge is 2.21. The van der Waals surface area contributed by atoms with Gasteiger partial charge in [-0.25, -0.2) is 4.52 Å². The van der Waals surface area contributed by atoms with Crippen molar-refractivity contribution in [2.24, 2.45) is 0 Å². The van der Waals surface area contributed by atoms with Crippen molar-refractivity contribution in [2.45, 2.75) is 33.0 Å². The highest BCUT2D eigenvalue weighted by atomic mass is 35.5. The molecule has 4 aromatic heterocycles. The summed E-state index contributed by atoms with van der Waals surface area (Å²) in [6, 6.07) is 5.90. The monoisotopic (exact) mass is 408 g/mol. The molecule has 0 aliphatic carbocycles. The molecule has 4 aromatic rings. The second kappa shape index (κ2) is 7.17. The molecule has 1 N–H and O–H groups in total. The molecular formula is C21H21ClN6O. The Kier molecular flexibility index (Phi) is 4.49. The smallest absolute Gasteiger partial charge is 0.148 e. The summed E-state index contributed by atoms with van der Waals surface area (Å²) in [4.78, 5) is 4.19. The predicted molar refractivity (Wildman–Crippen MR) is 111 cm³/mol. The van der Waals surface area contributed by atoms with E-state index < -0.39 is 0 Å². The molecule has 7 nitrogen and oxygen atoms in total. The number of pyridine rings is 2. The number of hydrogen-bond donors (Lipinski definition) is 1. The Morgan fingerprint density at radius 1 is 1.31 bits per heavy atom. The van der Waals surface area contributed by atoms with Gasteiger partial charge in [-0.3, -0.25) is 9.67 Å². The van der Waals surface area contributed by atoms with Gasteiger partial charge >= 0.3 is 0 Å². The second-order valence-electron chi connectivity index (χ2n) is 7.25. The van der Waals surface area contributed by atoms with E-state index in [1.165, 1.54) is 11.3 Å². The van der Waals surface area contributed by atoms with E-state index in [1.54, 1.807) is 16.9 Å². The normalized spacial score (nSPS) is 14.7. The van der Waals surface area contributed by atoms with Crippen molar-refractivity contribution in [1.29, 1.82) is 0 Å². The van der Waals surface area contributed by atoms with Gasteiger partial charge in [-0.05, 0) is 31.5 Å². The molecule has 5 rings (SSSR count). The Labute approximate surface area is 173 Å². The molecule has 0 fully saturated rings. The molecular weight excluding hydrogens is 388 g/mol. The first-order chi connectivity index (χ1) is 14.1. The molecule has 0 saturated heterocycles. The molecule has 29 heavy (non-hydrogen) atoms. The quantitative estimate of drug-likeness (QED) is 0.556. The first kappa shape index (κ1) is 18.1. The SMILES string of the molecule is Cc1c(-c2cc(OC(C)c3cccnc3)c3c(Cl)cnn3c2)nn2c1CNCC2. The molecule has 0 spiro atoms. The van der Waals surface area contributed by atoms with Crippen LogP contribution < -0.4 is 10.1 Å². The third kappa shape index (κ3) is 3.16. The van der Waals surface area contributed by atoms with Crippen LogP contribution in [0.4, 0.5) is 0 Å². The van der Waals surface area contributed by atoms with Crippen molar-refractivity contribution in [3.63, 3.8) is 0 Å². The van der Waals surface area contributed by atoms with Crippen molar-refractivity contribution in [3.8, 4) is 17.0 Å². The van der Waals surface area contributed by atoms with E-state index in [0.29, 0.717) is 10.8 Å². The average Bonchev–Trinajstić information content (AvgIpc) is 3.29. The van der Waals surface area contributed by atoms with Gasteiger partial charge in [-0.15, -0.1) is 0 Å². The average molecular weight is 409 g/mol. The number of hydrogen-bond acceptors (Lipinski definition) is 5. The fourth-order valence-electron chi connectivity index (χ4n) is 3.80. The van der Waals surface area contributed by atoms with Gasteiger partial charge in [0, 0.05) is 42.8 Å². The summed E-state index contributed by atoms with van der Waals surface area (Å²) in [5.74, 6) is 0.671. The topological polar surface area (TPSA) is 69.3 Å². The Balaban J connectivity index is 1.61. The Morgan fingerprint density at radius 2 is 2.21 bits per heavy atom. The summed E-state index contributed by atoms with van der Waals surface area (Å²) in [5, 5.41) is 13.2. The number of aromatic nitrogens is 5. The lowest BCUT2D eigenvalue weighted by Crippen LogP contribution is -2.28.